The van der Waals surface area contributed by atoms with Gasteiger partial charge in [-0.3, -0.25) is 4.90 Å². The molecule has 3 heterocycles. The van der Waals surface area contributed by atoms with Crippen LogP contribution in [0.2, 0.25) is 0 Å². The van der Waals surface area contributed by atoms with E-state index >= 15 is 0 Å². The van der Waals surface area contributed by atoms with Crippen LogP contribution in [0.4, 0.5) is 4.79 Å². The molecule has 0 aromatic rings. The number of hydrogen-bond acceptors (Lipinski definition) is 4. The Morgan fingerprint density at radius 3 is 2.71 bits per heavy atom. The number of carbonyl (C=O) groups excluding carboxylic acids is 1. The Labute approximate surface area is 127 Å². The van der Waals surface area contributed by atoms with Crippen LogP contribution in [0.3, 0.4) is 0 Å². The van der Waals surface area contributed by atoms with Crippen molar-refractivity contribution in [3.63, 3.8) is 0 Å². The largest absolute Gasteiger partial charge is 0.448 e. The molecule has 5 heteroatoms. The molecule has 21 heavy (non-hydrogen) atoms. The zero-order valence-corrected chi connectivity index (χ0v) is 13.2. The van der Waals surface area contributed by atoms with Gasteiger partial charge >= 0.3 is 6.09 Å². The second-order valence-corrected chi connectivity index (χ2v) is 6.77. The Bertz CT molecular complexity index is 371. The molecule has 0 bridgehead atoms. The molecule has 0 saturated carbocycles. The van der Waals surface area contributed by atoms with E-state index in [0.717, 1.165) is 45.5 Å². The molecule has 3 fully saturated rings. The summed E-state index contributed by atoms with van der Waals surface area (Å²) in [4.78, 5) is 16.5. The van der Waals surface area contributed by atoms with Crippen LogP contribution >= 0.6 is 0 Å². The number of amides is 1. The van der Waals surface area contributed by atoms with Gasteiger partial charge in [0.15, 0.2) is 0 Å². The number of rotatable bonds is 4. The van der Waals surface area contributed by atoms with Gasteiger partial charge in [-0.15, -0.1) is 0 Å². The van der Waals surface area contributed by atoms with Gasteiger partial charge in [-0.2, -0.15) is 0 Å². The van der Waals surface area contributed by atoms with Crippen LogP contribution in [0.25, 0.3) is 0 Å². The Balaban J connectivity index is 1.50. The maximum Gasteiger partial charge on any atom is 0.409 e. The van der Waals surface area contributed by atoms with Crippen molar-refractivity contribution in [1.82, 2.24) is 9.80 Å². The monoisotopic (exact) mass is 296 g/mol. The summed E-state index contributed by atoms with van der Waals surface area (Å²) in [6.45, 7) is 4.20. The molecule has 0 spiro atoms. The van der Waals surface area contributed by atoms with Crippen molar-refractivity contribution in [2.45, 2.75) is 56.5 Å². The number of nitrogens with zero attached hydrogens (tertiary/aromatic N) is 2. The number of hydrogen-bond donors (Lipinski definition) is 0. The molecule has 3 saturated heterocycles. The SMILES string of the molecule is COC[C@@]12CCCN1[C@H](COC(=O)N1CCCCC1)CC2. The second kappa shape index (κ2) is 6.53. The Morgan fingerprint density at radius 1 is 1.14 bits per heavy atom. The average Bonchev–Trinajstić information content (AvgIpc) is 3.05. The summed E-state index contributed by atoms with van der Waals surface area (Å²) in [5, 5.41) is 0. The molecular weight excluding hydrogens is 268 g/mol. The normalized spacial score (nSPS) is 33.2. The Hall–Kier alpha value is -0.810. The van der Waals surface area contributed by atoms with Crippen molar-refractivity contribution in [3.8, 4) is 0 Å². The summed E-state index contributed by atoms with van der Waals surface area (Å²) < 4.78 is 11.0. The second-order valence-electron chi connectivity index (χ2n) is 6.77. The Kier molecular flexibility index (Phi) is 4.69. The minimum absolute atomic E-state index is 0.113. The van der Waals surface area contributed by atoms with Crippen LogP contribution in [0.15, 0.2) is 0 Å². The molecule has 0 aliphatic carbocycles. The molecule has 3 rings (SSSR count). The van der Waals surface area contributed by atoms with E-state index in [9.17, 15) is 4.79 Å². The quantitative estimate of drug-likeness (QED) is 0.798. The fourth-order valence-corrected chi connectivity index (χ4v) is 4.39. The van der Waals surface area contributed by atoms with E-state index in [-0.39, 0.29) is 11.6 Å². The molecule has 5 nitrogen and oxygen atoms in total. The van der Waals surface area contributed by atoms with Crippen molar-refractivity contribution < 1.29 is 14.3 Å². The summed E-state index contributed by atoms with van der Waals surface area (Å²) in [6.07, 6.45) is 8.10. The van der Waals surface area contributed by atoms with E-state index < -0.39 is 0 Å². The molecule has 3 aliphatic heterocycles. The van der Waals surface area contributed by atoms with E-state index in [1.54, 1.807) is 7.11 Å². The lowest BCUT2D eigenvalue weighted by Gasteiger charge is -2.34. The first kappa shape index (κ1) is 15.1. The Morgan fingerprint density at radius 2 is 1.95 bits per heavy atom. The molecule has 2 atom stereocenters. The van der Waals surface area contributed by atoms with Gasteiger partial charge in [0.05, 0.1) is 6.61 Å². The fraction of sp³-hybridized carbons (Fsp3) is 0.938. The van der Waals surface area contributed by atoms with Crippen LogP contribution in [0.1, 0.15) is 44.9 Å². The summed E-state index contributed by atoms with van der Waals surface area (Å²) in [5.41, 5.74) is 0.219. The van der Waals surface area contributed by atoms with E-state index in [1.165, 1.54) is 25.7 Å². The first-order valence-corrected chi connectivity index (χ1v) is 8.43. The first-order valence-electron chi connectivity index (χ1n) is 8.43. The predicted molar refractivity (Wildman–Crippen MR) is 80.3 cm³/mol. The average molecular weight is 296 g/mol. The molecule has 3 aliphatic rings. The highest BCUT2D eigenvalue weighted by molar-refractivity contribution is 5.67. The van der Waals surface area contributed by atoms with Gasteiger partial charge in [-0.25, -0.2) is 4.79 Å². The van der Waals surface area contributed by atoms with Crippen LogP contribution < -0.4 is 0 Å². The molecule has 0 N–H and O–H groups in total. The number of methoxy groups -OCH3 is 1. The minimum Gasteiger partial charge on any atom is -0.448 e. The molecule has 1 amide bonds. The van der Waals surface area contributed by atoms with Gasteiger partial charge in [-0.1, -0.05) is 0 Å². The maximum atomic E-state index is 12.1. The molecular formula is C16H28N2O3. The smallest absolute Gasteiger partial charge is 0.409 e. The number of fused-ring (bicyclic) bond motifs is 1. The molecule has 0 radical (unpaired) electrons. The van der Waals surface area contributed by atoms with Gasteiger partial charge < -0.3 is 14.4 Å². The van der Waals surface area contributed by atoms with Crippen LogP contribution in [-0.2, 0) is 9.47 Å². The van der Waals surface area contributed by atoms with Gasteiger partial charge in [-0.05, 0) is 51.5 Å². The van der Waals surface area contributed by atoms with E-state index in [1.807, 2.05) is 4.90 Å². The van der Waals surface area contributed by atoms with Crippen LogP contribution in [0, 0.1) is 0 Å². The third kappa shape index (κ3) is 3.04. The third-order valence-electron chi connectivity index (χ3n) is 5.46. The lowest BCUT2D eigenvalue weighted by Crippen LogP contribution is -2.47. The summed E-state index contributed by atoms with van der Waals surface area (Å²) in [7, 11) is 1.79. The summed E-state index contributed by atoms with van der Waals surface area (Å²) in [6, 6.07) is 0.386. The maximum absolute atomic E-state index is 12.1. The van der Waals surface area contributed by atoms with Gasteiger partial charge in [0, 0.05) is 31.8 Å². The van der Waals surface area contributed by atoms with Gasteiger partial charge in [0.1, 0.15) is 6.61 Å². The number of carbonyl (C=O) groups is 1. The van der Waals surface area contributed by atoms with Crippen molar-refractivity contribution in [3.05, 3.63) is 0 Å². The molecule has 120 valence electrons. The van der Waals surface area contributed by atoms with Crippen molar-refractivity contribution >= 4 is 6.09 Å². The van der Waals surface area contributed by atoms with E-state index in [2.05, 4.69) is 4.90 Å². The molecule has 0 aromatic heterocycles. The van der Waals surface area contributed by atoms with E-state index in [0.29, 0.717) is 12.6 Å². The highest BCUT2D eigenvalue weighted by Crippen LogP contribution is 2.42. The van der Waals surface area contributed by atoms with Crippen molar-refractivity contribution in [1.29, 1.82) is 0 Å². The topological polar surface area (TPSA) is 42.0 Å². The van der Waals surface area contributed by atoms with Crippen LogP contribution in [0.5, 0.6) is 0 Å². The lowest BCUT2D eigenvalue weighted by atomic mass is 9.95. The summed E-state index contributed by atoms with van der Waals surface area (Å²) >= 11 is 0. The third-order valence-corrected chi connectivity index (χ3v) is 5.46. The standard InChI is InChI=1S/C16H28N2O3/c1-20-13-16-7-5-11-18(16)14(6-8-16)12-21-15(19)17-9-3-2-4-10-17/h14H,2-13H2,1H3/t14-,16-/m0/s1. The lowest BCUT2D eigenvalue weighted by molar-refractivity contribution is 0.0259. The highest BCUT2D eigenvalue weighted by atomic mass is 16.6. The number of likely N-dealkylation sites (tertiary alicyclic amines) is 1. The number of piperidine rings is 1. The first-order chi connectivity index (χ1) is 10.2. The van der Waals surface area contributed by atoms with Crippen LogP contribution in [-0.4, -0.2) is 67.4 Å². The van der Waals surface area contributed by atoms with Gasteiger partial charge in [0.2, 0.25) is 0 Å². The zero-order chi connectivity index (χ0) is 14.7. The van der Waals surface area contributed by atoms with Gasteiger partial charge in [0.25, 0.3) is 0 Å². The highest BCUT2D eigenvalue weighted by Gasteiger charge is 2.49. The van der Waals surface area contributed by atoms with Crippen molar-refractivity contribution in [2.75, 3.05) is 40.0 Å². The number of ether oxygens (including phenoxy) is 2. The molecule has 0 unspecified atom stereocenters. The zero-order valence-electron chi connectivity index (χ0n) is 13.2. The predicted octanol–water partition coefficient (Wildman–Crippen LogP) is 2.25. The van der Waals surface area contributed by atoms with E-state index in [4.69, 9.17) is 9.47 Å². The minimum atomic E-state index is -0.113. The fourth-order valence-electron chi connectivity index (χ4n) is 4.39. The van der Waals surface area contributed by atoms with Crippen molar-refractivity contribution in [2.24, 2.45) is 0 Å². The summed E-state index contributed by atoms with van der Waals surface area (Å²) in [5.74, 6) is 0. The molecule has 0 aromatic carbocycles.